The molecular weight excluding hydrogens is 282 g/mol. The van der Waals surface area contributed by atoms with Crippen LogP contribution < -0.4 is 0 Å². The topological polar surface area (TPSA) is 11.4 Å². The molecule has 0 spiro atoms. The maximum Gasteiger partial charge on any atom is 0.0536 e. The summed E-state index contributed by atoms with van der Waals surface area (Å²) >= 11 is 0. The zero-order valence-electron chi connectivity index (χ0n) is 14.1. The molecule has 2 aromatic carbocycles. The van der Waals surface area contributed by atoms with Crippen molar-refractivity contribution in [1.29, 1.82) is 0 Å². The third-order valence-corrected chi connectivity index (χ3v) is 5.18. The predicted molar refractivity (Wildman–Crippen MR) is 97.9 cm³/mol. The van der Waals surface area contributed by atoms with E-state index in [1.54, 1.807) is 0 Å². The van der Waals surface area contributed by atoms with Gasteiger partial charge in [-0.2, -0.15) is 0 Å². The maximum absolute atomic E-state index is 2.59. The van der Waals surface area contributed by atoms with Crippen LogP contribution in [0.25, 0.3) is 21.8 Å². The molecule has 2 heterocycles. The first-order valence-corrected chi connectivity index (χ1v) is 8.67. The van der Waals surface area contributed by atoms with Gasteiger partial charge in [-0.05, 0) is 25.6 Å². The van der Waals surface area contributed by atoms with Crippen molar-refractivity contribution in [3.8, 4) is 0 Å². The SMILES string of the molecule is CCn1c2ccccc2c2cccc(CN3CCN(C)CC3)c21. The lowest BCUT2D eigenvalue weighted by atomic mass is 10.1. The lowest BCUT2D eigenvalue weighted by molar-refractivity contribution is 0.148. The first-order valence-electron chi connectivity index (χ1n) is 8.67. The molecule has 0 saturated carbocycles. The number of aromatic nitrogens is 1. The molecule has 23 heavy (non-hydrogen) atoms. The lowest BCUT2D eigenvalue weighted by Gasteiger charge is -2.32. The molecule has 0 bridgehead atoms. The Morgan fingerprint density at radius 2 is 1.61 bits per heavy atom. The molecule has 3 nitrogen and oxygen atoms in total. The van der Waals surface area contributed by atoms with E-state index in [0.29, 0.717) is 0 Å². The molecule has 3 heteroatoms. The molecule has 0 N–H and O–H groups in total. The summed E-state index contributed by atoms with van der Waals surface area (Å²) in [6.07, 6.45) is 0. The van der Waals surface area contributed by atoms with Gasteiger partial charge in [-0.3, -0.25) is 4.90 Å². The number of hydrogen-bond donors (Lipinski definition) is 0. The number of fused-ring (bicyclic) bond motifs is 3. The molecule has 1 saturated heterocycles. The largest absolute Gasteiger partial charge is 0.340 e. The van der Waals surface area contributed by atoms with E-state index in [-0.39, 0.29) is 0 Å². The third-order valence-electron chi connectivity index (χ3n) is 5.18. The van der Waals surface area contributed by atoms with Gasteiger partial charge in [-0.1, -0.05) is 36.4 Å². The van der Waals surface area contributed by atoms with Crippen molar-refractivity contribution >= 4 is 21.8 Å². The molecule has 1 aromatic heterocycles. The third kappa shape index (κ3) is 2.54. The average Bonchev–Trinajstić information content (AvgIpc) is 2.92. The number of benzene rings is 2. The number of likely N-dealkylation sites (N-methyl/N-ethyl adjacent to an activating group) is 1. The van der Waals surface area contributed by atoms with Crippen molar-refractivity contribution in [1.82, 2.24) is 14.4 Å². The summed E-state index contributed by atoms with van der Waals surface area (Å²) in [6, 6.07) is 15.6. The Kier molecular flexibility index (Phi) is 3.83. The second-order valence-electron chi connectivity index (χ2n) is 6.65. The summed E-state index contributed by atoms with van der Waals surface area (Å²) in [5.41, 5.74) is 4.25. The minimum atomic E-state index is 1.02. The van der Waals surface area contributed by atoms with Crippen molar-refractivity contribution in [3.05, 3.63) is 48.0 Å². The van der Waals surface area contributed by atoms with E-state index in [4.69, 9.17) is 0 Å². The monoisotopic (exact) mass is 307 g/mol. The van der Waals surface area contributed by atoms with Gasteiger partial charge >= 0.3 is 0 Å². The molecule has 0 amide bonds. The molecule has 0 unspecified atom stereocenters. The Hall–Kier alpha value is -1.84. The van der Waals surface area contributed by atoms with Gasteiger partial charge in [0.1, 0.15) is 0 Å². The predicted octanol–water partition coefficient (Wildman–Crippen LogP) is 3.56. The zero-order chi connectivity index (χ0) is 15.8. The van der Waals surface area contributed by atoms with Gasteiger partial charge in [0.15, 0.2) is 0 Å². The fourth-order valence-electron chi connectivity index (χ4n) is 3.89. The van der Waals surface area contributed by atoms with Crippen LogP contribution in [0, 0.1) is 0 Å². The number of aryl methyl sites for hydroxylation is 1. The van der Waals surface area contributed by atoms with Crippen LogP contribution in [0.3, 0.4) is 0 Å². The van der Waals surface area contributed by atoms with Gasteiger partial charge < -0.3 is 9.47 Å². The van der Waals surface area contributed by atoms with Crippen LogP contribution >= 0.6 is 0 Å². The standard InChI is InChI=1S/C20H25N3/c1-3-23-19-10-5-4-8-17(19)18-9-6-7-16(20(18)23)15-22-13-11-21(2)12-14-22/h4-10H,3,11-15H2,1-2H3. The van der Waals surface area contributed by atoms with Crippen molar-refractivity contribution < 1.29 is 0 Å². The van der Waals surface area contributed by atoms with Gasteiger partial charge in [0.25, 0.3) is 0 Å². The highest BCUT2D eigenvalue weighted by atomic mass is 15.2. The van der Waals surface area contributed by atoms with Crippen molar-refractivity contribution in [2.75, 3.05) is 33.2 Å². The van der Waals surface area contributed by atoms with Crippen molar-refractivity contribution in [2.45, 2.75) is 20.0 Å². The van der Waals surface area contributed by atoms with Crippen LogP contribution in [0.1, 0.15) is 12.5 Å². The van der Waals surface area contributed by atoms with E-state index in [1.165, 1.54) is 53.5 Å². The van der Waals surface area contributed by atoms with Crippen LogP contribution in [0.15, 0.2) is 42.5 Å². The number of para-hydroxylation sites is 2. The number of rotatable bonds is 3. The summed E-state index contributed by atoms with van der Waals surface area (Å²) < 4.78 is 2.48. The van der Waals surface area contributed by atoms with Gasteiger partial charge in [0, 0.05) is 55.6 Å². The summed E-state index contributed by atoms with van der Waals surface area (Å²) in [7, 11) is 2.22. The smallest absolute Gasteiger partial charge is 0.0536 e. The quantitative estimate of drug-likeness (QED) is 0.733. The van der Waals surface area contributed by atoms with Crippen LogP contribution in [-0.2, 0) is 13.1 Å². The Balaban J connectivity index is 1.81. The molecule has 1 aliphatic heterocycles. The maximum atomic E-state index is 2.59. The van der Waals surface area contributed by atoms with Crippen molar-refractivity contribution in [2.24, 2.45) is 0 Å². The molecule has 0 radical (unpaired) electrons. The molecule has 0 atom stereocenters. The minimum absolute atomic E-state index is 1.02. The van der Waals surface area contributed by atoms with Crippen LogP contribution in [0.2, 0.25) is 0 Å². The van der Waals surface area contributed by atoms with E-state index in [1.807, 2.05) is 0 Å². The van der Waals surface area contributed by atoms with Crippen LogP contribution in [0.5, 0.6) is 0 Å². The molecule has 0 aliphatic carbocycles. The number of hydrogen-bond acceptors (Lipinski definition) is 2. The van der Waals surface area contributed by atoms with Gasteiger partial charge in [0.05, 0.1) is 5.52 Å². The van der Waals surface area contributed by atoms with E-state index in [9.17, 15) is 0 Å². The molecule has 120 valence electrons. The highest BCUT2D eigenvalue weighted by Gasteiger charge is 2.17. The summed E-state index contributed by atoms with van der Waals surface area (Å²) in [4.78, 5) is 5.01. The second kappa shape index (κ2) is 5.99. The highest BCUT2D eigenvalue weighted by molar-refractivity contribution is 6.09. The normalized spacial score (nSPS) is 17.3. The Labute approximate surface area is 138 Å². The van der Waals surface area contributed by atoms with E-state index < -0.39 is 0 Å². The first-order chi connectivity index (χ1) is 11.3. The second-order valence-corrected chi connectivity index (χ2v) is 6.65. The van der Waals surface area contributed by atoms with Crippen LogP contribution in [0.4, 0.5) is 0 Å². The summed E-state index contributed by atoms with van der Waals surface area (Å²) in [5.74, 6) is 0. The van der Waals surface area contributed by atoms with Gasteiger partial charge in [-0.25, -0.2) is 0 Å². The summed E-state index contributed by atoms with van der Waals surface area (Å²) in [5, 5.41) is 2.78. The van der Waals surface area contributed by atoms with Gasteiger partial charge in [-0.15, -0.1) is 0 Å². The van der Waals surface area contributed by atoms with E-state index >= 15 is 0 Å². The molecule has 1 fully saturated rings. The Morgan fingerprint density at radius 3 is 2.39 bits per heavy atom. The molecule has 3 aromatic rings. The van der Waals surface area contributed by atoms with Crippen molar-refractivity contribution in [3.63, 3.8) is 0 Å². The molecule has 1 aliphatic rings. The fourth-order valence-corrected chi connectivity index (χ4v) is 3.89. The Bertz CT molecular complexity index is 825. The molecule has 4 rings (SSSR count). The van der Waals surface area contributed by atoms with Crippen LogP contribution in [-0.4, -0.2) is 47.6 Å². The highest BCUT2D eigenvalue weighted by Crippen LogP contribution is 2.31. The zero-order valence-corrected chi connectivity index (χ0v) is 14.1. The minimum Gasteiger partial charge on any atom is -0.340 e. The lowest BCUT2D eigenvalue weighted by Crippen LogP contribution is -2.43. The van der Waals surface area contributed by atoms with Gasteiger partial charge in [0.2, 0.25) is 0 Å². The summed E-state index contributed by atoms with van der Waals surface area (Å²) in [6.45, 7) is 9.00. The number of piperazine rings is 1. The van der Waals surface area contributed by atoms with E-state index in [2.05, 4.69) is 70.8 Å². The Morgan fingerprint density at radius 1 is 0.870 bits per heavy atom. The van der Waals surface area contributed by atoms with E-state index in [0.717, 1.165) is 13.1 Å². The average molecular weight is 307 g/mol. The number of nitrogens with zero attached hydrogens (tertiary/aromatic N) is 3. The fraction of sp³-hybridized carbons (Fsp3) is 0.400. The first kappa shape index (κ1) is 14.7. The molecular formula is C20H25N3.